The van der Waals surface area contributed by atoms with Crippen LogP contribution in [0.2, 0.25) is 0 Å². The Kier molecular flexibility index (Phi) is 5.70. The molecule has 0 saturated carbocycles. The zero-order chi connectivity index (χ0) is 15.5. The molecule has 1 fully saturated rings. The molecule has 1 aromatic carbocycles. The molecule has 23 heavy (non-hydrogen) atoms. The molecule has 1 atom stereocenters. The molecule has 2 heterocycles. The molecule has 1 saturated heterocycles. The molecule has 2 N–H and O–H groups in total. The number of amides is 1. The van der Waals surface area contributed by atoms with Gasteiger partial charge >= 0.3 is 0 Å². The van der Waals surface area contributed by atoms with Gasteiger partial charge in [0.25, 0.3) is 5.91 Å². The van der Waals surface area contributed by atoms with Crippen molar-refractivity contribution in [3.63, 3.8) is 0 Å². The lowest BCUT2D eigenvalue weighted by Crippen LogP contribution is -2.45. The molecule has 1 aliphatic heterocycles. The standard InChI is InChI=1S/C15H17FN4O2.ClH/c1-10-7-18-20(9-10)13-3-2-11(6-12(13)16)19-15(21)14-8-17-4-5-22-14;/h2-3,6-7,9,14,17H,4-5,8H2,1H3,(H,19,21);1H. The molecule has 0 spiro atoms. The van der Waals surface area contributed by atoms with E-state index in [0.29, 0.717) is 24.5 Å². The van der Waals surface area contributed by atoms with Gasteiger partial charge in [-0.15, -0.1) is 12.4 Å². The van der Waals surface area contributed by atoms with Crippen molar-refractivity contribution in [3.8, 4) is 5.69 Å². The van der Waals surface area contributed by atoms with Crippen molar-refractivity contribution in [1.82, 2.24) is 15.1 Å². The Morgan fingerprint density at radius 2 is 2.35 bits per heavy atom. The van der Waals surface area contributed by atoms with Crippen LogP contribution < -0.4 is 10.6 Å². The highest BCUT2D eigenvalue weighted by atomic mass is 35.5. The minimum absolute atomic E-state index is 0. The van der Waals surface area contributed by atoms with E-state index in [9.17, 15) is 9.18 Å². The van der Waals surface area contributed by atoms with E-state index in [2.05, 4.69) is 15.7 Å². The van der Waals surface area contributed by atoms with E-state index in [0.717, 1.165) is 12.1 Å². The maximum atomic E-state index is 14.2. The van der Waals surface area contributed by atoms with Crippen LogP contribution >= 0.6 is 12.4 Å². The maximum Gasteiger partial charge on any atom is 0.254 e. The zero-order valence-corrected chi connectivity index (χ0v) is 13.4. The first kappa shape index (κ1) is 17.4. The molecule has 8 heteroatoms. The van der Waals surface area contributed by atoms with Crippen LogP contribution in [0.5, 0.6) is 0 Å². The van der Waals surface area contributed by atoms with Crippen LogP contribution in [-0.4, -0.2) is 41.5 Å². The van der Waals surface area contributed by atoms with Crippen LogP contribution in [0.4, 0.5) is 10.1 Å². The minimum atomic E-state index is -0.551. The minimum Gasteiger partial charge on any atom is -0.366 e. The monoisotopic (exact) mass is 340 g/mol. The molecule has 1 unspecified atom stereocenters. The summed E-state index contributed by atoms with van der Waals surface area (Å²) in [5.41, 5.74) is 1.67. The van der Waals surface area contributed by atoms with Gasteiger partial charge in [-0.05, 0) is 30.7 Å². The number of nitrogens with one attached hydrogen (secondary N) is 2. The second-order valence-corrected chi connectivity index (χ2v) is 5.18. The van der Waals surface area contributed by atoms with Gasteiger partial charge in [0.05, 0.1) is 12.8 Å². The first-order valence-electron chi connectivity index (χ1n) is 7.08. The van der Waals surface area contributed by atoms with Crippen molar-refractivity contribution < 1.29 is 13.9 Å². The largest absolute Gasteiger partial charge is 0.366 e. The number of hydrogen-bond donors (Lipinski definition) is 2. The summed E-state index contributed by atoms with van der Waals surface area (Å²) in [4.78, 5) is 12.0. The molecular formula is C15H18ClFN4O2. The highest BCUT2D eigenvalue weighted by Gasteiger charge is 2.22. The lowest BCUT2D eigenvalue weighted by atomic mass is 10.2. The van der Waals surface area contributed by atoms with Gasteiger partial charge in [0.2, 0.25) is 0 Å². The molecule has 1 aromatic heterocycles. The highest BCUT2D eigenvalue weighted by molar-refractivity contribution is 5.94. The number of morpholine rings is 1. The van der Waals surface area contributed by atoms with Gasteiger partial charge < -0.3 is 15.4 Å². The summed E-state index contributed by atoms with van der Waals surface area (Å²) in [6.07, 6.45) is 2.84. The zero-order valence-electron chi connectivity index (χ0n) is 12.6. The van der Waals surface area contributed by atoms with Crippen LogP contribution in [0.15, 0.2) is 30.6 Å². The van der Waals surface area contributed by atoms with Gasteiger partial charge in [-0.25, -0.2) is 9.07 Å². The normalized spacial score (nSPS) is 17.4. The molecule has 0 radical (unpaired) electrons. The van der Waals surface area contributed by atoms with Crippen molar-refractivity contribution in [3.05, 3.63) is 42.0 Å². The average Bonchev–Trinajstić information content (AvgIpc) is 2.94. The Labute approximate surface area is 139 Å². The van der Waals surface area contributed by atoms with Crippen LogP contribution in [0, 0.1) is 12.7 Å². The summed E-state index contributed by atoms with van der Waals surface area (Å²) in [5, 5.41) is 9.81. The van der Waals surface area contributed by atoms with Gasteiger partial charge in [0.1, 0.15) is 11.8 Å². The third kappa shape index (κ3) is 4.07. The Balaban J connectivity index is 0.00000192. The Hall–Kier alpha value is -1.96. The molecule has 3 rings (SSSR count). The molecule has 1 aliphatic rings. The van der Waals surface area contributed by atoms with E-state index in [1.807, 2.05) is 6.92 Å². The Morgan fingerprint density at radius 3 is 2.96 bits per heavy atom. The summed E-state index contributed by atoms with van der Waals surface area (Å²) in [6, 6.07) is 4.50. The van der Waals surface area contributed by atoms with Crippen LogP contribution in [0.3, 0.4) is 0 Å². The number of ether oxygens (including phenoxy) is 1. The van der Waals surface area contributed by atoms with E-state index < -0.39 is 11.9 Å². The van der Waals surface area contributed by atoms with Crippen molar-refractivity contribution in [2.45, 2.75) is 13.0 Å². The lowest BCUT2D eigenvalue weighted by molar-refractivity contribution is -0.128. The fraction of sp³-hybridized carbons (Fsp3) is 0.333. The van der Waals surface area contributed by atoms with Crippen molar-refractivity contribution in [2.24, 2.45) is 0 Å². The predicted molar refractivity (Wildman–Crippen MR) is 86.7 cm³/mol. The summed E-state index contributed by atoms with van der Waals surface area (Å²) in [7, 11) is 0. The number of aryl methyl sites for hydroxylation is 1. The number of hydrogen-bond acceptors (Lipinski definition) is 4. The molecular weight excluding hydrogens is 323 g/mol. The number of halogens is 2. The van der Waals surface area contributed by atoms with Crippen molar-refractivity contribution in [1.29, 1.82) is 0 Å². The van der Waals surface area contributed by atoms with Gasteiger partial charge in [-0.2, -0.15) is 5.10 Å². The highest BCUT2D eigenvalue weighted by Crippen LogP contribution is 2.18. The van der Waals surface area contributed by atoms with E-state index in [1.165, 1.54) is 10.7 Å². The van der Waals surface area contributed by atoms with Gasteiger partial charge in [0, 0.05) is 25.0 Å². The topological polar surface area (TPSA) is 68.2 Å². The third-order valence-electron chi connectivity index (χ3n) is 3.39. The van der Waals surface area contributed by atoms with E-state index in [1.54, 1.807) is 24.5 Å². The third-order valence-corrected chi connectivity index (χ3v) is 3.39. The SMILES string of the molecule is Cc1cnn(-c2ccc(NC(=O)C3CNCCO3)cc2F)c1.Cl. The van der Waals surface area contributed by atoms with E-state index in [4.69, 9.17) is 4.74 Å². The molecule has 1 amide bonds. The molecule has 6 nitrogen and oxygen atoms in total. The number of rotatable bonds is 3. The van der Waals surface area contributed by atoms with E-state index in [-0.39, 0.29) is 18.3 Å². The fourth-order valence-corrected chi connectivity index (χ4v) is 2.27. The number of benzene rings is 1. The van der Waals surface area contributed by atoms with Crippen molar-refractivity contribution in [2.75, 3.05) is 25.0 Å². The van der Waals surface area contributed by atoms with Crippen LogP contribution in [-0.2, 0) is 9.53 Å². The smallest absolute Gasteiger partial charge is 0.254 e. The summed E-state index contributed by atoms with van der Waals surface area (Å²) in [6.45, 7) is 3.56. The summed E-state index contributed by atoms with van der Waals surface area (Å²) < 4.78 is 21.0. The Bertz CT molecular complexity index is 686. The number of anilines is 1. The second kappa shape index (κ2) is 7.54. The average molecular weight is 341 g/mol. The van der Waals surface area contributed by atoms with Gasteiger partial charge in [-0.3, -0.25) is 4.79 Å². The fourth-order valence-electron chi connectivity index (χ4n) is 2.27. The summed E-state index contributed by atoms with van der Waals surface area (Å²) >= 11 is 0. The van der Waals surface area contributed by atoms with Gasteiger partial charge in [-0.1, -0.05) is 0 Å². The van der Waals surface area contributed by atoms with Gasteiger partial charge in [0.15, 0.2) is 5.82 Å². The second-order valence-electron chi connectivity index (χ2n) is 5.18. The molecule has 0 aliphatic carbocycles. The first-order chi connectivity index (χ1) is 10.6. The van der Waals surface area contributed by atoms with E-state index >= 15 is 0 Å². The van der Waals surface area contributed by atoms with Crippen molar-refractivity contribution >= 4 is 24.0 Å². The maximum absolute atomic E-state index is 14.2. The van der Waals surface area contributed by atoms with Crippen LogP contribution in [0.1, 0.15) is 5.56 Å². The number of carbonyl (C=O) groups is 1. The number of carbonyl (C=O) groups excluding carboxylic acids is 1. The van der Waals surface area contributed by atoms with Crippen LogP contribution in [0.25, 0.3) is 5.69 Å². The molecule has 2 aromatic rings. The number of aromatic nitrogens is 2. The summed E-state index contributed by atoms with van der Waals surface area (Å²) in [5.74, 6) is -0.738. The Morgan fingerprint density at radius 1 is 1.52 bits per heavy atom. The quantitative estimate of drug-likeness (QED) is 0.892. The predicted octanol–water partition coefficient (Wildman–Crippen LogP) is 1.67. The lowest BCUT2D eigenvalue weighted by Gasteiger charge is -2.22. The first-order valence-corrected chi connectivity index (χ1v) is 7.08. The number of nitrogens with zero attached hydrogens (tertiary/aromatic N) is 2. The molecule has 0 bridgehead atoms. The molecule has 124 valence electrons.